The molecule has 0 aliphatic carbocycles. The van der Waals surface area contributed by atoms with Crippen LogP contribution in [0.1, 0.15) is 60.7 Å². The molecule has 2 fully saturated rings. The van der Waals surface area contributed by atoms with E-state index < -0.39 is 0 Å². The average molecular weight is 424 g/mol. The molecule has 2 atom stereocenters. The van der Waals surface area contributed by atoms with Crippen molar-refractivity contribution in [1.82, 2.24) is 25.2 Å². The first-order valence-corrected chi connectivity index (χ1v) is 11.5. The van der Waals surface area contributed by atoms with Gasteiger partial charge in [0.25, 0.3) is 5.56 Å². The molecule has 8 heteroatoms. The number of benzene rings is 1. The Hall–Kier alpha value is -2.58. The maximum atomic E-state index is 13.4. The number of aromatic amines is 1. The largest absolute Gasteiger partial charge is 0.376 e. The molecule has 0 spiro atoms. The minimum Gasteiger partial charge on any atom is -0.376 e. The van der Waals surface area contributed by atoms with Crippen LogP contribution in [-0.4, -0.2) is 51.0 Å². The van der Waals surface area contributed by atoms with Gasteiger partial charge in [0.15, 0.2) is 6.04 Å². The van der Waals surface area contributed by atoms with E-state index >= 15 is 0 Å². The number of fused-ring (bicyclic) bond motifs is 1. The second-order valence-corrected chi connectivity index (χ2v) is 9.05. The Morgan fingerprint density at radius 3 is 2.77 bits per heavy atom. The summed E-state index contributed by atoms with van der Waals surface area (Å²) in [5.41, 5.74) is 3.86. The smallest absolute Gasteiger partial charge is 0.258 e. The van der Waals surface area contributed by atoms with Gasteiger partial charge in [-0.2, -0.15) is 0 Å². The van der Waals surface area contributed by atoms with Crippen LogP contribution in [-0.2, 0) is 11.3 Å². The summed E-state index contributed by atoms with van der Waals surface area (Å²) < 4.78 is 7.70. The number of aryl methyl sites for hydroxylation is 2. The van der Waals surface area contributed by atoms with Crippen LogP contribution in [0.5, 0.6) is 0 Å². The Balaban J connectivity index is 1.63. The first-order chi connectivity index (χ1) is 15.1. The quantitative estimate of drug-likeness (QED) is 0.649. The fourth-order valence-corrected chi connectivity index (χ4v) is 5.17. The molecule has 0 amide bonds. The molecule has 2 N–H and O–H groups in total. The molecule has 0 radical (unpaired) electrons. The second kappa shape index (κ2) is 8.51. The molecule has 2 aliphatic rings. The molecule has 4 heterocycles. The third-order valence-electron chi connectivity index (χ3n) is 6.91. The zero-order valence-electron chi connectivity index (χ0n) is 18.4. The number of pyridine rings is 1. The minimum atomic E-state index is -0.190. The van der Waals surface area contributed by atoms with Crippen molar-refractivity contribution >= 4 is 10.9 Å². The third kappa shape index (κ3) is 3.90. The lowest BCUT2D eigenvalue weighted by Gasteiger charge is -2.31. The molecule has 31 heavy (non-hydrogen) atoms. The van der Waals surface area contributed by atoms with Gasteiger partial charge in [-0.05, 0) is 73.6 Å². The lowest BCUT2D eigenvalue weighted by Crippen LogP contribution is -3.13. The highest BCUT2D eigenvalue weighted by Gasteiger charge is 2.35. The average Bonchev–Trinajstić information content (AvgIpc) is 3.46. The van der Waals surface area contributed by atoms with Crippen molar-refractivity contribution in [3.05, 3.63) is 51.1 Å². The second-order valence-electron chi connectivity index (χ2n) is 9.05. The zero-order chi connectivity index (χ0) is 21.4. The van der Waals surface area contributed by atoms with E-state index in [4.69, 9.17) is 4.74 Å². The normalized spacial score (nSPS) is 21.0. The molecule has 0 saturated carbocycles. The van der Waals surface area contributed by atoms with E-state index in [9.17, 15) is 4.79 Å². The SMILES string of the molecule is Cc1ccc(C)c2[nH]c(=O)c([C@@H](c3nnnn3C[C@H]3CCCO3)[NH+]3CCCCC3)cc12. The maximum Gasteiger partial charge on any atom is 0.258 e. The first-order valence-electron chi connectivity index (χ1n) is 11.5. The van der Waals surface area contributed by atoms with Gasteiger partial charge in [0.05, 0.1) is 36.8 Å². The van der Waals surface area contributed by atoms with E-state index in [1.807, 2.05) is 11.6 Å². The molecule has 1 aromatic carbocycles. The number of tetrazole rings is 1. The van der Waals surface area contributed by atoms with E-state index in [1.165, 1.54) is 11.3 Å². The number of aromatic nitrogens is 5. The Labute approximate surface area is 181 Å². The van der Waals surface area contributed by atoms with Crippen LogP contribution in [0, 0.1) is 13.8 Å². The molecule has 2 saturated heterocycles. The van der Waals surface area contributed by atoms with Gasteiger partial charge >= 0.3 is 0 Å². The molecule has 0 unspecified atom stereocenters. The van der Waals surface area contributed by atoms with Gasteiger partial charge in [0, 0.05) is 12.0 Å². The number of rotatable bonds is 5. The maximum absolute atomic E-state index is 13.4. The Kier molecular flexibility index (Phi) is 5.58. The first kappa shape index (κ1) is 20.3. The number of hydrogen-bond acceptors (Lipinski definition) is 5. The highest BCUT2D eigenvalue weighted by atomic mass is 16.5. The summed E-state index contributed by atoms with van der Waals surface area (Å²) in [4.78, 5) is 17.9. The lowest BCUT2D eigenvalue weighted by molar-refractivity contribution is -0.931. The number of nitrogens with zero attached hydrogens (tertiary/aromatic N) is 4. The summed E-state index contributed by atoms with van der Waals surface area (Å²) in [6.45, 7) is 7.59. The Bertz CT molecular complexity index is 1120. The Morgan fingerprint density at radius 1 is 1.19 bits per heavy atom. The third-order valence-corrected chi connectivity index (χ3v) is 6.91. The van der Waals surface area contributed by atoms with Crippen molar-refractivity contribution in [3.63, 3.8) is 0 Å². The number of likely N-dealkylation sites (tertiary alicyclic amines) is 1. The van der Waals surface area contributed by atoms with Crippen LogP contribution in [0.25, 0.3) is 10.9 Å². The van der Waals surface area contributed by atoms with Crippen molar-refractivity contribution in [3.8, 4) is 0 Å². The minimum absolute atomic E-state index is 0.0454. The van der Waals surface area contributed by atoms with E-state index in [1.54, 1.807) is 0 Å². The van der Waals surface area contributed by atoms with Gasteiger partial charge in [-0.3, -0.25) is 4.79 Å². The van der Waals surface area contributed by atoms with Gasteiger partial charge < -0.3 is 14.6 Å². The topological polar surface area (TPSA) is 90.1 Å². The van der Waals surface area contributed by atoms with Gasteiger partial charge in [0.2, 0.25) is 5.82 Å². The summed E-state index contributed by atoms with van der Waals surface area (Å²) in [5, 5.41) is 13.8. The number of nitrogens with one attached hydrogen (secondary N) is 2. The molecule has 2 aromatic heterocycles. The van der Waals surface area contributed by atoms with Crippen LogP contribution in [0.4, 0.5) is 0 Å². The van der Waals surface area contributed by atoms with Gasteiger partial charge in [-0.25, -0.2) is 4.68 Å². The molecular weight excluding hydrogens is 392 g/mol. The number of H-pyrrole nitrogens is 1. The van der Waals surface area contributed by atoms with Crippen LogP contribution in [0.15, 0.2) is 23.0 Å². The predicted molar refractivity (Wildman–Crippen MR) is 117 cm³/mol. The summed E-state index contributed by atoms with van der Waals surface area (Å²) in [6.07, 6.45) is 5.79. The molecule has 164 valence electrons. The molecular formula is C23H31N6O2+. The molecule has 8 nitrogen and oxygen atoms in total. The zero-order valence-corrected chi connectivity index (χ0v) is 18.4. The standard InChI is InChI=1S/C23H30N6O2/c1-15-8-9-16(2)20-18(15)13-19(23(30)24-20)21(28-10-4-3-5-11-28)22-25-26-27-29(22)14-17-7-6-12-31-17/h8-9,13,17,21H,3-7,10-12,14H2,1-2H3,(H,24,30)/p+1/t17-,21+/m1/s1. The van der Waals surface area contributed by atoms with Crippen LogP contribution >= 0.6 is 0 Å². The van der Waals surface area contributed by atoms with Gasteiger partial charge in [-0.1, -0.05) is 12.1 Å². The fraction of sp³-hybridized carbons (Fsp3) is 0.565. The number of quaternary nitrogens is 1. The molecule has 5 rings (SSSR count). The number of hydrogen-bond donors (Lipinski definition) is 2. The van der Waals surface area contributed by atoms with Crippen LogP contribution in [0.2, 0.25) is 0 Å². The summed E-state index contributed by atoms with van der Waals surface area (Å²) >= 11 is 0. The fourth-order valence-electron chi connectivity index (χ4n) is 5.17. The summed E-state index contributed by atoms with van der Waals surface area (Å²) in [6, 6.07) is 6.06. The lowest BCUT2D eigenvalue weighted by atomic mass is 9.98. The van der Waals surface area contributed by atoms with E-state index in [0.29, 0.717) is 6.54 Å². The number of ether oxygens (including phenoxy) is 1. The summed E-state index contributed by atoms with van der Waals surface area (Å²) in [7, 11) is 0. The highest BCUT2D eigenvalue weighted by Crippen LogP contribution is 2.24. The summed E-state index contributed by atoms with van der Waals surface area (Å²) in [5.74, 6) is 0.766. The molecule has 0 bridgehead atoms. The van der Waals surface area contributed by atoms with Gasteiger partial charge in [0.1, 0.15) is 0 Å². The Morgan fingerprint density at radius 2 is 2.00 bits per heavy atom. The van der Waals surface area contributed by atoms with Crippen molar-refractivity contribution < 1.29 is 9.64 Å². The van der Waals surface area contributed by atoms with Crippen LogP contribution < -0.4 is 10.5 Å². The monoisotopic (exact) mass is 423 g/mol. The van der Waals surface area contributed by atoms with Crippen molar-refractivity contribution in [2.24, 2.45) is 0 Å². The van der Waals surface area contributed by atoms with E-state index in [-0.39, 0.29) is 17.7 Å². The van der Waals surface area contributed by atoms with Crippen molar-refractivity contribution in [1.29, 1.82) is 0 Å². The molecule has 2 aliphatic heterocycles. The van der Waals surface area contributed by atoms with Crippen molar-refractivity contribution in [2.45, 2.75) is 64.6 Å². The van der Waals surface area contributed by atoms with E-state index in [0.717, 1.165) is 78.8 Å². The van der Waals surface area contributed by atoms with Gasteiger partial charge in [-0.15, -0.1) is 5.10 Å². The highest BCUT2D eigenvalue weighted by molar-refractivity contribution is 5.85. The van der Waals surface area contributed by atoms with E-state index in [2.05, 4.69) is 45.6 Å². The predicted octanol–water partition coefficient (Wildman–Crippen LogP) is 1.47. The number of piperidine rings is 1. The van der Waals surface area contributed by atoms with Crippen LogP contribution in [0.3, 0.4) is 0 Å². The van der Waals surface area contributed by atoms with Crippen molar-refractivity contribution in [2.75, 3.05) is 19.7 Å². The molecule has 3 aromatic rings.